The van der Waals surface area contributed by atoms with Gasteiger partial charge in [-0.3, -0.25) is 4.79 Å². The topological polar surface area (TPSA) is 85.2 Å². The molecule has 35 heavy (non-hydrogen) atoms. The molecule has 0 radical (unpaired) electrons. The molecule has 0 amide bonds. The molecule has 0 saturated heterocycles. The molecule has 0 unspecified atom stereocenters. The first kappa shape index (κ1) is 23.5. The maximum Gasteiger partial charge on any atom is 0.254 e. The summed E-state index contributed by atoms with van der Waals surface area (Å²) in [6.07, 6.45) is 5.73. The van der Waals surface area contributed by atoms with Gasteiger partial charge in [0.1, 0.15) is 16.6 Å². The Hall–Kier alpha value is -3.21. The molecular weight excluding hydrogens is 487 g/mol. The Morgan fingerprint density at radius 3 is 2.69 bits per heavy atom. The van der Waals surface area contributed by atoms with Gasteiger partial charge in [-0.2, -0.15) is 4.31 Å². The number of hydrogen-bond acceptors (Lipinski definition) is 6. The minimum Gasteiger partial charge on any atom is -0.330 e. The Kier molecular flexibility index (Phi) is 6.35. The fourth-order valence-corrected chi connectivity index (χ4v) is 7.05. The number of hydrogen-bond donors (Lipinski definition) is 0. The lowest BCUT2D eigenvalue weighted by Gasteiger charge is -2.14. The fraction of sp³-hybridized carbons (Fsp3) is 0.240. The minimum absolute atomic E-state index is 0.0578. The van der Waals surface area contributed by atoms with Gasteiger partial charge in [-0.05, 0) is 42.2 Å². The first-order valence-electron chi connectivity index (χ1n) is 11.1. The van der Waals surface area contributed by atoms with E-state index in [0.717, 1.165) is 39.3 Å². The number of benzene rings is 2. The van der Waals surface area contributed by atoms with E-state index in [4.69, 9.17) is 0 Å². The number of Topliss-reactive ketones (excluding diaryl/α,β-unsaturated/α-hetero) is 1. The molecule has 0 aliphatic carbocycles. The van der Waals surface area contributed by atoms with Crippen LogP contribution >= 0.6 is 11.3 Å². The van der Waals surface area contributed by atoms with Gasteiger partial charge in [-0.25, -0.2) is 22.8 Å². The Balaban J connectivity index is 1.38. The van der Waals surface area contributed by atoms with E-state index in [0.29, 0.717) is 18.0 Å². The predicted molar refractivity (Wildman–Crippen MR) is 131 cm³/mol. The lowest BCUT2D eigenvalue weighted by atomic mass is 10.0. The van der Waals surface area contributed by atoms with Crippen molar-refractivity contribution in [2.24, 2.45) is 0 Å². The SMILES string of the molecule is CC(=O)Cc1ncc(S(=O)(=O)N2Cc3cccc(-c4cncn4CCc4ccc(F)cc4)c3C2)s1. The molecule has 1 aliphatic rings. The standard InChI is InChI=1S/C25H23FN4O3S2/c1-17(31)11-24-28-13-25(34-24)35(32,33)30-14-19-3-2-4-21(22(19)15-30)23-12-27-16-29(23)10-9-18-5-7-20(26)8-6-18/h2-8,12-13,16H,9-11,14-15H2,1H3. The maximum atomic E-state index is 13.3. The zero-order valence-corrected chi connectivity index (χ0v) is 20.7. The van der Waals surface area contributed by atoms with Crippen LogP contribution < -0.4 is 0 Å². The Morgan fingerprint density at radius 2 is 1.91 bits per heavy atom. The van der Waals surface area contributed by atoms with Crippen molar-refractivity contribution in [2.45, 2.75) is 43.6 Å². The van der Waals surface area contributed by atoms with Crippen molar-refractivity contribution in [3.8, 4) is 11.3 Å². The van der Waals surface area contributed by atoms with Gasteiger partial charge in [0.2, 0.25) is 0 Å². The molecule has 7 nitrogen and oxygen atoms in total. The summed E-state index contributed by atoms with van der Waals surface area (Å²) >= 11 is 1.04. The first-order chi connectivity index (χ1) is 16.8. The number of aryl methyl sites for hydroxylation is 2. The molecule has 0 atom stereocenters. The number of fused-ring (bicyclic) bond motifs is 1. The third-order valence-corrected chi connectivity index (χ3v) is 9.25. The Bertz CT molecular complexity index is 1490. The smallest absolute Gasteiger partial charge is 0.254 e. The summed E-state index contributed by atoms with van der Waals surface area (Å²) < 4.78 is 43.5. The first-order valence-corrected chi connectivity index (χ1v) is 13.4. The molecule has 2 aromatic carbocycles. The number of halogens is 1. The van der Waals surface area contributed by atoms with E-state index < -0.39 is 10.0 Å². The third kappa shape index (κ3) is 4.82. The largest absolute Gasteiger partial charge is 0.330 e. The average Bonchev–Trinajstić information content (AvgIpc) is 3.57. The molecule has 0 saturated carbocycles. The summed E-state index contributed by atoms with van der Waals surface area (Å²) in [5.41, 5.74) is 4.78. The summed E-state index contributed by atoms with van der Waals surface area (Å²) in [5.74, 6) is -0.317. The Labute approximate surface area is 206 Å². The van der Waals surface area contributed by atoms with Gasteiger partial charge in [-0.15, -0.1) is 11.3 Å². The summed E-state index contributed by atoms with van der Waals surface area (Å²) in [6.45, 7) is 2.64. The highest BCUT2D eigenvalue weighted by Crippen LogP contribution is 2.36. The highest BCUT2D eigenvalue weighted by Gasteiger charge is 2.33. The zero-order chi connectivity index (χ0) is 24.6. The Morgan fingerprint density at radius 1 is 1.11 bits per heavy atom. The van der Waals surface area contributed by atoms with Gasteiger partial charge in [-0.1, -0.05) is 30.3 Å². The van der Waals surface area contributed by atoms with Crippen molar-refractivity contribution < 1.29 is 17.6 Å². The number of aromatic nitrogens is 3. The molecule has 0 fully saturated rings. The van der Waals surface area contributed by atoms with Crippen molar-refractivity contribution in [3.05, 3.63) is 88.7 Å². The molecule has 3 heterocycles. The van der Waals surface area contributed by atoms with Crippen LogP contribution in [0.15, 0.2) is 65.4 Å². The highest BCUT2D eigenvalue weighted by molar-refractivity contribution is 7.91. The summed E-state index contributed by atoms with van der Waals surface area (Å²) in [5, 5.41) is 0.499. The number of imidazole rings is 1. The molecular formula is C25H23FN4O3S2. The number of ketones is 1. The lowest BCUT2D eigenvalue weighted by molar-refractivity contribution is -0.116. The molecule has 5 rings (SSSR count). The monoisotopic (exact) mass is 510 g/mol. The van der Waals surface area contributed by atoms with Gasteiger partial charge in [0, 0.05) is 25.2 Å². The second-order valence-corrected chi connectivity index (χ2v) is 11.8. The number of thiazole rings is 1. The summed E-state index contributed by atoms with van der Waals surface area (Å²) in [4.78, 5) is 19.8. The van der Waals surface area contributed by atoms with E-state index in [9.17, 15) is 17.6 Å². The molecule has 0 spiro atoms. The molecule has 180 valence electrons. The van der Waals surface area contributed by atoms with E-state index in [1.54, 1.807) is 24.7 Å². The summed E-state index contributed by atoms with van der Waals surface area (Å²) in [7, 11) is -3.74. The normalized spacial score (nSPS) is 13.8. The van der Waals surface area contributed by atoms with Crippen molar-refractivity contribution >= 4 is 27.1 Å². The van der Waals surface area contributed by atoms with Gasteiger partial charge < -0.3 is 4.57 Å². The van der Waals surface area contributed by atoms with E-state index in [1.165, 1.54) is 29.6 Å². The van der Waals surface area contributed by atoms with Crippen LogP contribution in [-0.2, 0) is 47.3 Å². The van der Waals surface area contributed by atoms with Crippen LogP contribution in [0.4, 0.5) is 4.39 Å². The maximum absolute atomic E-state index is 13.3. The van der Waals surface area contributed by atoms with Crippen molar-refractivity contribution in [1.82, 2.24) is 18.8 Å². The van der Waals surface area contributed by atoms with E-state index in [1.807, 2.05) is 22.8 Å². The van der Waals surface area contributed by atoms with Gasteiger partial charge in [0.25, 0.3) is 10.0 Å². The van der Waals surface area contributed by atoms with Crippen molar-refractivity contribution in [1.29, 1.82) is 0 Å². The molecule has 1 aliphatic heterocycles. The number of nitrogens with zero attached hydrogens (tertiary/aromatic N) is 4. The summed E-state index contributed by atoms with van der Waals surface area (Å²) in [6, 6.07) is 12.3. The van der Waals surface area contributed by atoms with Crippen LogP contribution in [0.2, 0.25) is 0 Å². The van der Waals surface area contributed by atoms with Crippen molar-refractivity contribution in [3.63, 3.8) is 0 Å². The lowest BCUT2D eigenvalue weighted by Crippen LogP contribution is -2.25. The molecule has 10 heteroatoms. The number of carbonyl (C=O) groups is 1. The predicted octanol–water partition coefficient (Wildman–Crippen LogP) is 4.22. The van der Waals surface area contributed by atoms with Gasteiger partial charge >= 0.3 is 0 Å². The second-order valence-electron chi connectivity index (χ2n) is 8.52. The fourth-order valence-electron chi connectivity index (χ4n) is 4.26. The molecule has 0 bridgehead atoms. The molecule has 2 aromatic heterocycles. The second kappa shape index (κ2) is 9.44. The third-order valence-electron chi connectivity index (χ3n) is 6.02. The van der Waals surface area contributed by atoms with Gasteiger partial charge in [0.15, 0.2) is 4.21 Å². The van der Waals surface area contributed by atoms with Crippen LogP contribution in [0, 0.1) is 5.82 Å². The number of sulfonamides is 1. The van der Waals surface area contributed by atoms with Crippen LogP contribution in [0.25, 0.3) is 11.3 Å². The van der Waals surface area contributed by atoms with Crippen LogP contribution in [0.1, 0.15) is 28.6 Å². The average molecular weight is 511 g/mol. The van der Waals surface area contributed by atoms with Crippen molar-refractivity contribution in [2.75, 3.05) is 0 Å². The van der Waals surface area contributed by atoms with Crippen LogP contribution in [0.3, 0.4) is 0 Å². The number of rotatable bonds is 8. The van der Waals surface area contributed by atoms with Crippen LogP contribution in [-0.4, -0.2) is 33.0 Å². The highest BCUT2D eigenvalue weighted by atomic mass is 32.2. The minimum atomic E-state index is -3.74. The number of carbonyl (C=O) groups excluding carboxylic acids is 1. The zero-order valence-electron chi connectivity index (χ0n) is 19.0. The quantitative estimate of drug-likeness (QED) is 0.354. The molecule has 0 N–H and O–H groups in total. The van der Waals surface area contributed by atoms with E-state index in [-0.39, 0.29) is 35.3 Å². The van der Waals surface area contributed by atoms with Crippen LogP contribution in [0.5, 0.6) is 0 Å². The van der Waals surface area contributed by atoms with Gasteiger partial charge in [0.05, 0.1) is 30.8 Å². The van der Waals surface area contributed by atoms with E-state index in [2.05, 4.69) is 9.97 Å². The molecule has 4 aromatic rings. The van der Waals surface area contributed by atoms with E-state index >= 15 is 0 Å².